The van der Waals surface area contributed by atoms with Crippen LogP contribution >= 0.6 is 0 Å². The zero-order valence-electron chi connectivity index (χ0n) is 8.45. The Labute approximate surface area is 87.6 Å². The maximum Gasteiger partial charge on any atom is 0.248 e. The Morgan fingerprint density at radius 2 is 1.87 bits per heavy atom. The topological polar surface area (TPSA) is 58.9 Å². The molecule has 2 aromatic rings. The number of nitrogens with one attached hydrogen (secondary N) is 1. The van der Waals surface area contributed by atoms with Gasteiger partial charge in [-0.05, 0) is 35.7 Å². The van der Waals surface area contributed by atoms with Crippen molar-refractivity contribution in [3.8, 4) is 11.1 Å². The molecule has 2 rings (SSSR count). The third kappa shape index (κ3) is 1.91. The van der Waals surface area contributed by atoms with E-state index in [-0.39, 0.29) is 5.56 Å². The van der Waals surface area contributed by atoms with Gasteiger partial charge in [-0.25, -0.2) is 0 Å². The second-order valence-electron chi connectivity index (χ2n) is 3.51. The lowest BCUT2D eigenvalue weighted by molar-refractivity contribution is 1.24. The molecule has 1 aromatic heterocycles. The highest BCUT2D eigenvalue weighted by Crippen LogP contribution is 2.21. The van der Waals surface area contributed by atoms with Gasteiger partial charge in [-0.2, -0.15) is 0 Å². The predicted molar refractivity (Wildman–Crippen MR) is 61.6 cm³/mol. The Hall–Kier alpha value is -2.03. The molecule has 0 aliphatic heterocycles. The van der Waals surface area contributed by atoms with E-state index in [2.05, 4.69) is 4.98 Å². The van der Waals surface area contributed by atoms with Crippen LogP contribution in [0.25, 0.3) is 11.1 Å². The molecule has 0 saturated heterocycles. The summed E-state index contributed by atoms with van der Waals surface area (Å²) in [7, 11) is 0. The van der Waals surface area contributed by atoms with E-state index in [0.717, 1.165) is 22.4 Å². The molecule has 0 aliphatic carbocycles. The molecule has 0 atom stereocenters. The number of aromatic amines is 1. The van der Waals surface area contributed by atoms with E-state index in [1.165, 1.54) is 0 Å². The molecule has 0 amide bonds. The number of nitrogens with two attached hydrogens (primary N) is 1. The summed E-state index contributed by atoms with van der Waals surface area (Å²) in [6, 6.07) is 9.20. The van der Waals surface area contributed by atoms with Gasteiger partial charge in [0.1, 0.15) is 0 Å². The number of anilines is 1. The van der Waals surface area contributed by atoms with Gasteiger partial charge >= 0.3 is 0 Å². The van der Waals surface area contributed by atoms with E-state index in [9.17, 15) is 4.79 Å². The molecule has 3 heteroatoms. The third-order valence-electron chi connectivity index (χ3n) is 2.39. The van der Waals surface area contributed by atoms with Crippen molar-refractivity contribution in [2.75, 3.05) is 5.73 Å². The number of nitrogen functional groups attached to an aromatic ring is 1. The number of benzene rings is 1. The van der Waals surface area contributed by atoms with Crippen molar-refractivity contribution in [2.45, 2.75) is 6.92 Å². The van der Waals surface area contributed by atoms with E-state index < -0.39 is 0 Å². The molecule has 0 spiro atoms. The molecular weight excluding hydrogens is 188 g/mol. The van der Waals surface area contributed by atoms with Crippen molar-refractivity contribution in [1.29, 1.82) is 0 Å². The van der Waals surface area contributed by atoms with Crippen LogP contribution in [0.15, 0.2) is 41.3 Å². The van der Waals surface area contributed by atoms with E-state index in [1.807, 2.05) is 31.2 Å². The van der Waals surface area contributed by atoms with Crippen molar-refractivity contribution in [3.63, 3.8) is 0 Å². The molecule has 0 unspecified atom stereocenters. The summed E-state index contributed by atoms with van der Waals surface area (Å²) >= 11 is 0. The molecule has 3 N–H and O–H groups in total. The largest absolute Gasteiger partial charge is 0.398 e. The van der Waals surface area contributed by atoms with Crippen LogP contribution in [0.4, 0.5) is 5.69 Å². The SMILES string of the molecule is Cc1ccc(-c2cc[nH]c(=O)c2)cc1N. The van der Waals surface area contributed by atoms with Crippen LogP contribution in [0.1, 0.15) is 5.56 Å². The fourth-order valence-electron chi connectivity index (χ4n) is 1.44. The van der Waals surface area contributed by atoms with Gasteiger partial charge in [0, 0.05) is 18.0 Å². The molecule has 0 fully saturated rings. The van der Waals surface area contributed by atoms with Gasteiger partial charge in [0.25, 0.3) is 0 Å². The van der Waals surface area contributed by atoms with Gasteiger partial charge in [-0.3, -0.25) is 4.79 Å². The summed E-state index contributed by atoms with van der Waals surface area (Å²) in [5, 5.41) is 0. The monoisotopic (exact) mass is 200 g/mol. The smallest absolute Gasteiger partial charge is 0.248 e. The molecule has 0 saturated carbocycles. The first-order valence-corrected chi connectivity index (χ1v) is 4.72. The Morgan fingerprint density at radius 1 is 1.13 bits per heavy atom. The summed E-state index contributed by atoms with van der Waals surface area (Å²) in [4.78, 5) is 13.7. The minimum atomic E-state index is -0.105. The highest BCUT2D eigenvalue weighted by molar-refractivity contribution is 5.68. The fourth-order valence-corrected chi connectivity index (χ4v) is 1.44. The summed E-state index contributed by atoms with van der Waals surface area (Å²) < 4.78 is 0. The zero-order valence-corrected chi connectivity index (χ0v) is 8.45. The van der Waals surface area contributed by atoms with Crippen molar-refractivity contribution in [1.82, 2.24) is 4.98 Å². The zero-order chi connectivity index (χ0) is 10.8. The highest BCUT2D eigenvalue weighted by Gasteiger charge is 2.00. The predicted octanol–water partition coefficient (Wildman–Crippen LogP) is 1.93. The third-order valence-corrected chi connectivity index (χ3v) is 2.39. The second kappa shape index (κ2) is 3.61. The standard InChI is InChI=1S/C12H12N2O/c1-8-2-3-9(6-11(8)13)10-4-5-14-12(15)7-10/h2-7H,13H2,1H3,(H,14,15). The van der Waals surface area contributed by atoms with Crippen LogP contribution in [0, 0.1) is 6.92 Å². The number of aromatic nitrogens is 1. The molecule has 15 heavy (non-hydrogen) atoms. The lowest BCUT2D eigenvalue weighted by Crippen LogP contribution is -2.02. The van der Waals surface area contributed by atoms with Gasteiger partial charge in [-0.1, -0.05) is 12.1 Å². The van der Waals surface area contributed by atoms with Gasteiger partial charge in [-0.15, -0.1) is 0 Å². The van der Waals surface area contributed by atoms with Crippen LogP contribution in [0.2, 0.25) is 0 Å². The highest BCUT2D eigenvalue weighted by atomic mass is 16.1. The van der Waals surface area contributed by atoms with Crippen molar-refractivity contribution in [3.05, 3.63) is 52.4 Å². The van der Waals surface area contributed by atoms with E-state index in [1.54, 1.807) is 12.3 Å². The van der Waals surface area contributed by atoms with Gasteiger partial charge in [0.15, 0.2) is 0 Å². The van der Waals surface area contributed by atoms with Crippen molar-refractivity contribution in [2.24, 2.45) is 0 Å². The van der Waals surface area contributed by atoms with Crippen LogP contribution in [0.5, 0.6) is 0 Å². The summed E-state index contributed by atoms with van der Waals surface area (Å²) in [6.45, 7) is 1.96. The minimum absolute atomic E-state index is 0.105. The molecular formula is C12H12N2O. The number of pyridine rings is 1. The van der Waals surface area contributed by atoms with Gasteiger partial charge in [0.2, 0.25) is 5.56 Å². The number of hydrogen-bond donors (Lipinski definition) is 2. The lowest BCUT2D eigenvalue weighted by atomic mass is 10.0. The fraction of sp³-hybridized carbons (Fsp3) is 0.0833. The Balaban J connectivity index is 2.55. The number of aryl methyl sites for hydroxylation is 1. The van der Waals surface area contributed by atoms with Crippen molar-refractivity contribution >= 4 is 5.69 Å². The van der Waals surface area contributed by atoms with Crippen LogP contribution < -0.4 is 11.3 Å². The average molecular weight is 200 g/mol. The van der Waals surface area contributed by atoms with Gasteiger partial charge in [0.05, 0.1) is 0 Å². The molecule has 76 valence electrons. The van der Waals surface area contributed by atoms with Crippen LogP contribution in [-0.4, -0.2) is 4.98 Å². The minimum Gasteiger partial charge on any atom is -0.398 e. The number of H-pyrrole nitrogens is 1. The molecule has 0 bridgehead atoms. The van der Waals surface area contributed by atoms with E-state index >= 15 is 0 Å². The van der Waals surface area contributed by atoms with E-state index in [4.69, 9.17) is 5.73 Å². The van der Waals surface area contributed by atoms with Crippen molar-refractivity contribution < 1.29 is 0 Å². The first-order valence-electron chi connectivity index (χ1n) is 4.72. The summed E-state index contributed by atoms with van der Waals surface area (Å²) in [5.41, 5.74) is 9.34. The summed E-state index contributed by atoms with van der Waals surface area (Å²) in [6.07, 6.45) is 1.63. The maximum atomic E-state index is 11.1. The Bertz CT molecular complexity index is 543. The Morgan fingerprint density at radius 3 is 2.53 bits per heavy atom. The molecule has 3 nitrogen and oxygen atoms in total. The molecule has 0 radical (unpaired) electrons. The molecule has 0 aliphatic rings. The normalized spacial score (nSPS) is 10.2. The quantitative estimate of drug-likeness (QED) is 0.691. The average Bonchev–Trinajstić information content (AvgIpc) is 2.22. The second-order valence-corrected chi connectivity index (χ2v) is 3.51. The first kappa shape index (κ1) is 9.52. The number of rotatable bonds is 1. The van der Waals surface area contributed by atoms with E-state index in [0.29, 0.717) is 0 Å². The molecule has 1 heterocycles. The first-order chi connectivity index (χ1) is 7.16. The molecule has 1 aromatic carbocycles. The summed E-state index contributed by atoms with van der Waals surface area (Å²) in [5.74, 6) is 0. The Kier molecular flexibility index (Phi) is 2.29. The number of hydrogen-bond acceptors (Lipinski definition) is 2. The van der Waals surface area contributed by atoms with Crippen LogP contribution in [0.3, 0.4) is 0 Å². The maximum absolute atomic E-state index is 11.1. The lowest BCUT2D eigenvalue weighted by Gasteiger charge is -2.04. The van der Waals surface area contributed by atoms with Crippen LogP contribution in [-0.2, 0) is 0 Å². The van der Waals surface area contributed by atoms with Gasteiger partial charge < -0.3 is 10.7 Å².